The van der Waals surface area contributed by atoms with E-state index in [1.807, 2.05) is 36.4 Å². The van der Waals surface area contributed by atoms with Gasteiger partial charge in [0.15, 0.2) is 0 Å². The largest absolute Gasteiger partial charge is 0.508 e. The Morgan fingerprint density at radius 3 is 2.15 bits per heavy atom. The van der Waals surface area contributed by atoms with E-state index in [2.05, 4.69) is 0 Å². The van der Waals surface area contributed by atoms with Crippen molar-refractivity contribution in [1.82, 2.24) is 0 Å². The van der Waals surface area contributed by atoms with Crippen LogP contribution in [0.15, 0.2) is 97.1 Å². The van der Waals surface area contributed by atoms with Crippen LogP contribution in [0.1, 0.15) is 47.8 Å². The molecule has 4 aromatic rings. The van der Waals surface area contributed by atoms with E-state index in [-0.39, 0.29) is 18.1 Å². The molecule has 8 atom stereocenters. The van der Waals surface area contributed by atoms with E-state index < -0.39 is 61.0 Å². The third kappa shape index (κ3) is 6.03. The minimum absolute atomic E-state index is 0.00183. The smallest absolute Gasteiger partial charge is 0.233 e. The van der Waals surface area contributed by atoms with Gasteiger partial charge in [0, 0.05) is 11.3 Å². The first-order valence-electron chi connectivity index (χ1n) is 15.2. The molecule has 6 N–H and O–H groups in total. The number of anilines is 1. The highest BCUT2D eigenvalue weighted by molar-refractivity contribution is 6.03. The molecule has 240 valence electrons. The minimum atomic E-state index is -1.48. The molecule has 0 unspecified atom stereocenters. The number of hydrogen-bond donors (Lipinski definition) is 6. The first-order chi connectivity index (χ1) is 22.2. The number of ether oxygens (including phenoxy) is 1. The van der Waals surface area contributed by atoms with Crippen LogP contribution in [0.5, 0.6) is 5.75 Å². The monoisotopic (exact) mass is 629 g/mol. The molecule has 0 radical (unpaired) electrons. The lowest BCUT2D eigenvalue weighted by atomic mass is 9.77. The van der Waals surface area contributed by atoms with Crippen LogP contribution >= 0.6 is 0 Å². The first-order valence-corrected chi connectivity index (χ1v) is 15.2. The highest BCUT2D eigenvalue weighted by atomic mass is 19.1. The summed E-state index contributed by atoms with van der Waals surface area (Å²) in [5, 5.41) is 62.3. The van der Waals surface area contributed by atoms with E-state index in [9.17, 15) is 39.8 Å². The second kappa shape index (κ2) is 13.3. The molecule has 2 saturated heterocycles. The lowest BCUT2D eigenvalue weighted by Gasteiger charge is -2.48. The fraction of sp³-hybridized carbons (Fsp3) is 0.306. The molecule has 2 fully saturated rings. The summed E-state index contributed by atoms with van der Waals surface area (Å²) in [7, 11) is 0. The summed E-state index contributed by atoms with van der Waals surface area (Å²) >= 11 is 0. The summed E-state index contributed by atoms with van der Waals surface area (Å²) in [4.78, 5) is 15.1. The maximum absolute atomic E-state index is 13.4. The summed E-state index contributed by atoms with van der Waals surface area (Å²) in [6.45, 7) is -0.519. The van der Waals surface area contributed by atoms with E-state index in [1.165, 1.54) is 24.3 Å². The molecule has 1 amide bonds. The van der Waals surface area contributed by atoms with Gasteiger partial charge in [-0.2, -0.15) is 0 Å². The van der Waals surface area contributed by atoms with Crippen LogP contribution in [0.3, 0.4) is 0 Å². The van der Waals surface area contributed by atoms with E-state index in [1.54, 1.807) is 41.3 Å². The van der Waals surface area contributed by atoms with Gasteiger partial charge in [0.25, 0.3) is 0 Å². The van der Waals surface area contributed by atoms with Gasteiger partial charge in [0.2, 0.25) is 5.91 Å². The molecule has 2 heterocycles. The number of nitrogens with zero attached hydrogens (tertiary/aromatic N) is 1. The lowest BCUT2D eigenvalue weighted by molar-refractivity contribution is -0.231. The SMILES string of the molecule is O=C1[C@H](CC[C@H](O)c2ccc(F)cc2)[C@@H](c2ccc(-c3ccc([C@@H]4O[C@H](CO)[C@@H](O)[C@H](O)[C@H]4O)cc3)cc2O)N1c1ccccc1. The third-order valence-corrected chi connectivity index (χ3v) is 9.07. The van der Waals surface area contributed by atoms with Crippen molar-refractivity contribution in [2.24, 2.45) is 5.92 Å². The number of amides is 1. The van der Waals surface area contributed by atoms with Crippen LogP contribution in [-0.2, 0) is 9.53 Å². The molecule has 6 rings (SSSR count). The average molecular weight is 630 g/mol. The van der Waals surface area contributed by atoms with Crippen molar-refractivity contribution in [2.45, 2.75) is 55.5 Å². The number of phenols is 1. The molecule has 0 saturated carbocycles. The molecular weight excluding hydrogens is 593 g/mol. The molecular formula is C36H36FNO8. The number of aromatic hydroxyl groups is 1. The number of hydrogen-bond acceptors (Lipinski definition) is 8. The maximum Gasteiger partial charge on any atom is 0.233 e. The predicted molar refractivity (Wildman–Crippen MR) is 167 cm³/mol. The Kier molecular flexibility index (Phi) is 9.19. The third-order valence-electron chi connectivity index (χ3n) is 9.07. The highest BCUT2D eigenvalue weighted by Crippen LogP contribution is 2.49. The van der Waals surface area contributed by atoms with Crippen molar-refractivity contribution >= 4 is 11.6 Å². The fourth-order valence-electron chi connectivity index (χ4n) is 6.47. The van der Waals surface area contributed by atoms with Crippen LogP contribution in [0, 0.1) is 11.7 Å². The van der Waals surface area contributed by atoms with Crippen molar-refractivity contribution in [3.8, 4) is 16.9 Å². The van der Waals surface area contributed by atoms with Crippen molar-refractivity contribution in [2.75, 3.05) is 11.5 Å². The van der Waals surface area contributed by atoms with E-state index in [0.29, 0.717) is 34.4 Å². The number of aliphatic hydroxyl groups excluding tert-OH is 5. The fourth-order valence-corrected chi connectivity index (χ4v) is 6.47. The number of carbonyl (C=O) groups excluding carboxylic acids is 1. The van der Waals surface area contributed by atoms with Crippen LogP contribution in [0.25, 0.3) is 11.1 Å². The Bertz CT molecular complexity index is 1650. The Balaban J connectivity index is 1.23. The number of phenolic OH excluding ortho intramolecular Hbond substituents is 1. The Hall–Kier alpha value is -4.16. The Morgan fingerprint density at radius 1 is 0.826 bits per heavy atom. The van der Waals surface area contributed by atoms with Crippen molar-refractivity contribution in [1.29, 1.82) is 0 Å². The molecule has 2 aliphatic heterocycles. The van der Waals surface area contributed by atoms with Gasteiger partial charge in [-0.05, 0) is 65.4 Å². The van der Waals surface area contributed by atoms with Gasteiger partial charge < -0.3 is 40.3 Å². The number of halogens is 1. The van der Waals surface area contributed by atoms with E-state index in [4.69, 9.17) is 4.74 Å². The Labute approximate surface area is 265 Å². The van der Waals surface area contributed by atoms with Gasteiger partial charge in [-0.15, -0.1) is 0 Å². The average Bonchev–Trinajstić information content (AvgIpc) is 3.07. The normalized spacial score (nSPS) is 26.9. The molecule has 9 nitrogen and oxygen atoms in total. The Morgan fingerprint density at radius 2 is 1.50 bits per heavy atom. The second-order valence-electron chi connectivity index (χ2n) is 11.9. The molecule has 0 bridgehead atoms. The summed E-state index contributed by atoms with van der Waals surface area (Å²) in [6.07, 6.45) is -6.54. The van der Waals surface area contributed by atoms with Gasteiger partial charge in [-0.25, -0.2) is 4.39 Å². The topological polar surface area (TPSA) is 151 Å². The molecule has 2 aliphatic rings. The summed E-state index contributed by atoms with van der Waals surface area (Å²) in [5.41, 5.74) is 3.81. The molecule has 0 spiro atoms. The number of para-hydroxylation sites is 1. The van der Waals surface area contributed by atoms with Crippen LogP contribution in [0.2, 0.25) is 0 Å². The van der Waals surface area contributed by atoms with Gasteiger partial charge >= 0.3 is 0 Å². The lowest BCUT2D eigenvalue weighted by Crippen LogP contribution is -2.55. The quantitative estimate of drug-likeness (QED) is 0.153. The number of rotatable bonds is 9. The number of β-lactam (4-membered cyclic amide) rings is 1. The minimum Gasteiger partial charge on any atom is -0.508 e. The van der Waals surface area contributed by atoms with Crippen molar-refractivity contribution < 1.29 is 44.6 Å². The van der Waals surface area contributed by atoms with E-state index in [0.717, 1.165) is 5.56 Å². The highest BCUT2D eigenvalue weighted by Gasteiger charge is 2.49. The molecule has 10 heteroatoms. The van der Waals surface area contributed by atoms with E-state index >= 15 is 0 Å². The van der Waals surface area contributed by atoms with Crippen LogP contribution < -0.4 is 4.90 Å². The van der Waals surface area contributed by atoms with Crippen molar-refractivity contribution in [3.05, 3.63) is 120 Å². The van der Waals surface area contributed by atoms with Gasteiger partial charge in [-0.3, -0.25) is 4.79 Å². The zero-order valence-electron chi connectivity index (χ0n) is 24.8. The molecule has 0 aromatic heterocycles. The maximum atomic E-state index is 13.4. The molecule has 46 heavy (non-hydrogen) atoms. The van der Waals surface area contributed by atoms with Crippen molar-refractivity contribution in [3.63, 3.8) is 0 Å². The van der Waals surface area contributed by atoms with Gasteiger partial charge in [0.05, 0.1) is 24.7 Å². The summed E-state index contributed by atoms with van der Waals surface area (Å²) in [5.74, 6) is -1.01. The predicted octanol–water partition coefficient (Wildman–Crippen LogP) is 3.93. The molecule has 0 aliphatic carbocycles. The first kappa shape index (κ1) is 31.8. The number of benzene rings is 4. The van der Waals surface area contributed by atoms with Gasteiger partial charge in [0.1, 0.15) is 42.1 Å². The zero-order valence-corrected chi connectivity index (χ0v) is 24.8. The second-order valence-corrected chi connectivity index (χ2v) is 11.9. The van der Waals surface area contributed by atoms with Crippen LogP contribution in [0.4, 0.5) is 10.1 Å². The standard InChI is InChI=1S/C36H36FNO8/c37-24-13-10-21(11-14-24)28(40)17-16-27-31(38(36(27)45)25-4-2-1-3-5-25)26-15-12-23(18-29(26)41)20-6-8-22(9-7-20)35-34(44)33(43)32(42)30(19-39)46-35/h1-15,18,27-28,30-35,39-44H,16-17,19H2/t27-,28+,30-,31-,32-,33+,34-,35+/m1/s1. The zero-order chi connectivity index (χ0) is 32.5. The molecule has 4 aromatic carbocycles. The van der Waals surface area contributed by atoms with Gasteiger partial charge in [-0.1, -0.05) is 66.7 Å². The number of aliphatic hydroxyl groups is 5. The van der Waals surface area contributed by atoms with Crippen LogP contribution in [-0.4, -0.2) is 67.6 Å². The summed E-state index contributed by atoms with van der Waals surface area (Å²) < 4.78 is 19.0. The summed E-state index contributed by atoms with van der Waals surface area (Å²) in [6, 6.07) is 26.5. The number of carbonyl (C=O) groups is 1.